The lowest BCUT2D eigenvalue weighted by molar-refractivity contribution is -0.301. The summed E-state index contributed by atoms with van der Waals surface area (Å²) in [6.45, 7) is 4.66. The molecule has 0 bridgehead atoms. The highest BCUT2D eigenvalue weighted by atomic mass is 32.2. The summed E-state index contributed by atoms with van der Waals surface area (Å²) < 4.78 is 0. The Morgan fingerprint density at radius 3 is 2.69 bits per heavy atom. The van der Waals surface area contributed by atoms with Crippen LogP contribution in [0, 0.1) is 6.92 Å². The fraction of sp³-hybridized carbons (Fsp3) is 0.444. The average molecular weight is 483 g/mol. The number of nitrogens with two attached hydrogens (primary N) is 1. The van der Waals surface area contributed by atoms with Crippen molar-refractivity contribution >= 4 is 57.7 Å². The molecule has 0 aromatic carbocycles. The number of carboxylic acid groups (broad SMARTS) is 2. The van der Waals surface area contributed by atoms with E-state index in [1.165, 1.54) is 18.7 Å². The minimum Gasteiger partial charge on any atom is -0.543 e. The summed E-state index contributed by atoms with van der Waals surface area (Å²) in [7, 11) is 0. The molecule has 0 spiro atoms. The van der Waals surface area contributed by atoms with Crippen LogP contribution in [0.2, 0.25) is 0 Å². The largest absolute Gasteiger partial charge is 0.543 e. The zero-order valence-corrected chi connectivity index (χ0v) is 18.9. The lowest BCUT2D eigenvalue weighted by atomic mass is 10.0. The summed E-state index contributed by atoms with van der Waals surface area (Å²) >= 11 is 2.41. The predicted molar refractivity (Wildman–Crippen MR) is 113 cm³/mol. The monoisotopic (exact) mass is 482 g/mol. The Labute approximate surface area is 190 Å². The van der Waals surface area contributed by atoms with Crippen LogP contribution in [0.15, 0.2) is 16.4 Å². The number of oxime groups is 1. The molecule has 172 valence electrons. The molecule has 1 saturated heterocycles. The number of hydrogen-bond acceptors (Lipinski definition) is 11. The number of aromatic nitrogens is 1. The van der Waals surface area contributed by atoms with E-state index < -0.39 is 41.3 Å². The van der Waals surface area contributed by atoms with Crippen LogP contribution in [0.25, 0.3) is 0 Å². The third-order valence-electron chi connectivity index (χ3n) is 4.86. The molecular formula is C18H20N5O7S2-. The molecule has 4 N–H and O–H groups in total. The molecule has 32 heavy (non-hydrogen) atoms. The lowest BCUT2D eigenvalue weighted by Crippen LogP contribution is -2.71. The van der Waals surface area contributed by atoms with Crippen molar-refractivity contribution in [3.8, 4) is 0 Å². The van der Waals surface area contributed by atoms with Gasteiger partial charge in [-0.15, -0.1) is 23.1 Å². The lowest BCUT2D eigenvalue weighted by Gasteiger charge is -2.50. The second-order valence-electron chi connectivity index (χ2n) is 6.94. The first-order chi connectivity index (χ1) is 15.1. The van der Waals surface area contributed by atoms with Gasteiger partial charge in [0.1, 0.15) is 17.1 Å². The number of aliphatic carboxylic acids is 2. The highest BCUT2D eigenvalue weighted by molar-refractivity contribution is 8.00. The number of anilines is 1. The molecule has 12 nitrogen and oxygen atoms in total. The summed E-state index contributed by atoms with van der Waals surface area (Å²) in [6, 6.07) is -1.02. The van der Waals surface area contributed by atoms with Crippen LogP contribution in [-0.4, -0.2) is 67.7 Å². The molecule has 14 heteroatoms. The van der Waals surface area contributed by atoms with Gasteiger partial charge in [-0.25, -0.2) is 9.78 Å². The predicted octanol–water partition coefficient (Wildman–Crippen LogP) is -0.959. The minimum atomic E-state index is -1.45. The van der Waals surface area contributed by atoms with E-state index in [2.05, 4.69) is 15.5 Å². The highest BCUT2D eigenvalue weighted by Crippen LogP contribution is 2.40. The van der Waals surface area contributed by atoms with Crippen LogP contribution in [0.3, 0.4) is 0 Å². The molecule has 3 atom stereocenters. The van der Waals surface area contributed by atoms with Gasteiger partial charge in [0.15, 0.2) is 10.8 Å². The molecule has 2 amide bonds. The zero-order chi connectivity index (χ0) is 23.7. The first-order valence-electron chi connectivity index (χ1n) is 9.45. The van der Waals surface area contributed by atoms with Gasteiger partial charge in [0.05, 0.1) is 11.7 Å². The summed E-state index contributed by atoms with van der Waals surface area (Å²) in [4.78, 5) is 58.8. The van der Waals surface area contributed by atoms with Crippen molar-refractivity contribution in [1.29, 1.82) is 0 Å². The van der Waals surface area contributed by atoms with Gasteiger partial charge < -0.3 is 30.9 Å². The fourth-order valence-electron chi connectivity index (χ4n) is 3.16. The quantitative estimate of drug-likeness (QED) is 0.236. The number of carboxylic acids is 2. The Bertz CT molecular complexity index is 1050. The van der Waals surface area contributed by atoms with E-state index in [-0.39, 0.29) is 22.2 Å². The van der Waals surface area contributed by atoms with Gasteiger partial charge >= 0.3 is 5.97 Å². The molecule has 2 unspecified atom stereocenters. The third-order valence-corrected chi connectivity index (χ3v) is 7.00. The first-order valence-corrected chi connectivity index (χ1v) is 11.3. The SMILES string of the molecule is CCC1=C(C(=O)[O-])N2C(=O)C(NC(=O)/C(=N\O[C@@H](C)C(=O)O)c3nc(N)sc3C)C2SC1. The molecular weight excluding hydrogens is 462 g/mol. The fourth-order valence-corrected chi connectivity index (χ4v) is 5.30. The van der Waals surface area contributed by atoms with Crippen LogP contribution in [0.5, 0.6) is 0 Å². The number of amides is 2. The summed E-state index contributed by atoms with van der Waals surface area (Å²) in [6.07, 6.45) is -0.892. The van der Waals surface area contributed by atoms with Crippen molar-refractivity contribution in [3.63, 3.8) is 0 Å². The molecule has 1 aromatic rings. The van der Waals surface area contributed by atoms with E-state index in [4.69, 9.17) is 15.7 Å². The molecule has 0 saturated carbocycles. The number of β-lactam (4-membered cyclic amide) rings is 1. The topological polar surface area (TPSA) is 187 Å². The smallest absolute Gasteiger partial charge is 0.347 e. The Balaban J connectivity index is 1.85. The standard InChI is InChI=1S/C18H21N5O7S2/c1-4-8-5-31-15-11(14(25)23(15)12(8)17(28)29)20-13(24)10(22-30-6(2)16(26)27)9-7(3)32-18(19)21-9/h6,11,15H,4-5H2,1-3H3,(H2,19,21)(H,20,24)(H,26,27)(H,28,29)/p-1/b22-10-/t6-,11?,15?/m0/s1. The van der Waals surface area contributed by atoms with Gasteiger partial charge in [0.25, 0.3) is 11.8 Å². The number of hydrogen-bond donors (Lipinski definition) is 3. The number of fused-ring (bicyclic) bond motifs is 1. The second kappa shape index (κ2) is 9.16. The van der Waals surface area contributed by atoms with E-state index in [0.29, 0.717) is 22.6 Å². The number of carbonyl (C=O) groups is 4. The van der Waals surface area contributed by atoms with Crippen LogP contribution in [0.4, 0.5) is 5.13 Å². The Morgan fingerprint density at radius 1 is 1.47 bits per heavy atom. The molecule has 2 aliphatic rings. The zero-order valence-electron chi connectivity index (χ0n) is 17.3. The van der Waals surface area contributed by atoms with Crippen molar-refractivity contribution in [2.24, 2.45) is 5.16 Å². The van der Waals surface area contributed by atoms with Gasteiger partial charge in [-0.3, -0.25) is 14.5 Å². The van der Waals surface area contributed by atoms with Gasteiger partial charge in [-0.1, -0.05) is 12.1 Å². The maximum absolute atomic E-state index is 13.0. The molecule has 3 heterocycles. The van der Waals surface area contributed by atoms with Crippen LogP contribution in [0.1, 0.15) is 30.8 Å². The second-order valence-corrected chi connectivity index (χ2v) is 9.28. The van der Waals surface area contributed by atoms with E-state index >= 15 is 0 Å². The summed E-state index contributed by atoms with van der Waals surface area (Å²) in [5.41, 5.74) is 5.85. The van der Waals surface area contributed by atoms with Gasteiger partial charge in [0, 0.05) is 10.6 Å². The molecule has 0 aliphatic carbocycles. The van der Waals surface area contributed by atoms with E-state index in [9.17, 15) is 24.3 Å². The number of rotatable bonds is 8. The Hall–Kier alpha value is -3.13. The molecule has 1 aromatic heterocycles. The Morgan fingerprint density at radius 2 is 2.16 bits per heavy atom. The summed E-state index contributed by atoms with van der Waals surface area (Å²) in [5, 5.41) is 26.3. The number of aryl methyl sites for hydroxylation is 1. The third kappa shape index (κ3) is 4.27. The number of nitrogens with zero attached hydrogens (tertiary/aromatic N) is 3. The number of nitrogens with one attached hydrogen (secondary N) is 1. The van der Waals surface area contributed by atoms with Crippen molar-refractivity contribution < 1.29 is 34.2 Å². The number of nitrogen functional groups attached to an aromatic ring is 1. The molecule has 3 rings (SSSR count). The normalized spacial score (nSPS) is 21.5. The molecule has 1 fully saturated rings. The van der Waals surface area contributed by atoms with E-state index in [0.717, 1.165) is 16.2 Å². The highest BCUT2D eigenvalue weighted by Gasteiger charge is 2.53. The van der Waals surface area contributed by atoms with Crippen LogP contribution >= 0.6 is 23.1 Å². The van der Waals surface area contributed by atoms with Crippen molar-refractivity contribution in [3.05, 3.63) is 21.8 Å². The number of thiazole rings is 1. The molecule has 2 aliphatic heterocycles. The Kier molecular flexibility index (Phi) is 6.74. The van der Waals surface area contributed by atoms with Gasteiger partial charge in [0.2, 0.25) is 6.10 Å². The number of carbonyl (C=O) groups excluding carboxylic acids is 3. The van der Waals surface area contributed by atoms with Gasteiger partial charge in [-0.2, -0.15) is 0 Å². The first kappa shape index (κ1) is 23.5. The van der Waals surface area contributed by atoms with Crippen LogP contribution < -0.4 is 16.2 Å². The molecule has 0 radical (unpaired) electrons. The maximum Gasteiger partial charge on any atom is 0.347 e. The van der Waals surface area contributed by atoms with E-state index in [1.54, 1.807) is 13.8 Å². The van der Waals surface area contributed by atoms with Crippen molar-refractivity contribution in [2.45, 2.75) is 44.7 Å². The average Bonchev–Trinajstić information content (AvgIpc) is 3.07. The maximum atomic E-state index is 13.0. The summed E-state index contributed by atoms with van der Waals surface area (Å²) in [5.74, 6) is -3.80. The van der Waals surface area contributed by atoms with Crippen molar-refractivity contribution in [1.82, 2.24) is 15.2 Å². The minimum absolute atomic E-state index is 0.0890. The number of thioether (sulfide) groups is 1. The van der Waals surface area contributed by atoms with Crippen molar-refractivity contribution in [2.75, 3.05) is 11.5 Å². The van der Waals surface area contributed by atoms with E-state index in [1.807, 2.05) is 0 Å². The van der Waals surface area contributed by atoms with Gasteiger partial charge in [-0.05, 0) is 25.8 Å². The van der Waals surface area contributed by atoms with Crippen LogP contribution in [-0.2, 0) is 24.0 Å².